The highest BCUT2D eigenvalue weighted by Gasteiger charge is 2.74. The largest absolute Gasteiger partial charge is 0.469 e. The van der Waals surface area contributed by atoms with Crippen LogP contribution in [-0.2, 0) is 98.7 Å². The Morgan fingerprint density at radius 2 is 0.587 bits per heavy atom. The van der Waals surface area contributed by atoms with Crippen LogP contribution in [0.1, 0.15) is 103 Å². The van der Waals surface area contributed by atoms with Crippen molar-refractivity contribution in [2.75, 3.05) is 119 Å². The Balaban J connectivity index is 0.801. The van der Waals surface area contributed by atoms with E-state index in [4.69, 9.17) is 72.0 Å². The topological polar surface area (TPSA) is 640 Å². The van der Waals surface area contributed by atoms with Gasteiger partial charge in [-0.3, -0.25) is 42.3 Å². The number of carbonyl (C=O) groups is 6. The van der Waals surface area contributed by atoms with Crippen LogP contribution in [0.5, 0.6) is 0 Å². The Hall–Kier alpha value is -3.57. The number of hydrogen-bond acceptors (Lipinski definition) is 30. The highest BCUT2D eigenvalue weighted by atomic mass is 31.2. The van der Waals surface area contributed by atoms with Gasteiger partial charge in [0.2, 0.25) is 35.4 Å². The Labute approximate surface area is 598 Å². The molecule has 3 saturated carbocycles. The standard InChI is InChI=1S/C59H105N6O36P3/c1-56(32-90-26-14-41(69)63-20-8-17-60-38(66)11-2-5-23-93-53-44-50(75)47(72)35(57(44,78)99-53)29-96-102(81,82)83,33-91-27-15-42(70)64-21-9-18-61-39(67)12-3-6-24-94-54-45-51(76)48(73)36(58(45,79)100-54)30-97-103(84,85)86)34-92-28-16-43(71)65-22-10-19-62-40(68)13-4-7-25-95-55-46-52(77)49(74)37(59(46,80)101-55)31-98-104(87,88)89/h35-37,44-55,72-80H,2-34H2,1H3,(H,60,66)(H,61,67)(H,62,68)(H,63,69)(H,64,70)(H,65,71)(H2,81,82,83)(H2,84,85,86)(H2,87,88,89). The van der Waals surface area contributed by atoms with Crippen LogP contribution < -0.4 is 31.9 Å². The summed E-state index contributed by atoms with van der Waals surface area (Å²) in [5, 5.41) is 111. The Bertz CT molecular complexity index is 2590. The van der Waals surface area contributed by atoms with Crippen LogP contribution in [0, 0.1) is 40.9 Å². The number of phosphoric ester groups is 3. The molecular formula is C59H105N6O36P3. The van der Waals surface area contributed by atoms with Crippen molar-refractivity contribution >= 4 is 58.9 Å². The molecule has 0 radical (unpaired) electrons. The number of rotatable bonds is 54. The van der Waals surface area contributed by atoms with Gasteiger partial charge in [-0.15, -0.1) is 0 Å². The average molecular weight is 1570 g/mol. The summed E-state index contributed by atoms with van der Waals surface area (Å²) < 4.78 is 96.9. The molecule has 0 spiro atoms. The Kier molecular flexibility index (Phi) is 35.6. The molecule has 6 fully saturated rings. The quantitative estimate of drug-likeness (QED) is 0.0199. The molecule has 602 valence electrons. The molecule has 18 atom stereocenters. The third kappa shape index (κ3) is 27.2. The molecule has 21 N–H and O–H groups in total. The van der Waals surface area contributed by atoms with Crippen molar-refractivity contribution in [3.63, 3.8) is 0 Å². The maximum Gasteiger partial charge on any atom is 0.469 e. The normalized spacial score (nSPS) is 31.1. The van der Waals surface area contributed by atoms with E-state index < -0.39 is 157 Å². The van der Waals surface area contributed by atoms with E-state index in [1.807, 2.05) is 0 Å². The minimum atomic E-state index is -4.93. The summed E-state index contributed by atoms with van der Waals surface area (Å²) in [6.45, 7) is 1.37. The number of aliphatic hydroxyl groups excluding tert-OH is 6. The molecule has 18 unspecified atom stereocenters. The zero-order chi connectivity index (χ0) is 76.7. The minimum absolute atomic E-state index is 0.00977. The minimum Gasteiger partial charge on any atom is -0.390 e. The van der Waals surface area contributed by atoms with E-state index >= 15 is 0 Å². The second-order valence-corrected chi connectivity index (χ2v) is 30.5. The number of amides is 6. The first-order valence-corrected chi connectivity index (χ1v) is 39.1. The van der Waals surface area contributed by atoms with Gasteiger partial charge >= 0.3 is 23.5 Å². The van der Waals surface area contributed by atoms with Crippen LogP contribution in [0.15, 0.2) is 0 Å². The number of phosphoric acid groups is 3. The van der Waals surface area contributed by atoms with Gasteiger partial charge in [0.05, 0.1) is 132 Å². The predicted molar refractivity (Wildman–Crippen MR) is 346 cm³/mol. The fourth-order valence-electron chi connectivity index (χ4n) is 12.8. The molecule has 0 bridgehead atoms. The van der Waals surface area contributed by atoms with Crippen molar-refractivity contribution < 1.29 is 174 Å². The molecule has 3 aliphatic carbocycles. The number of nitrogens with one attached hydrogen (secondary N) is 6. The summed E-state index contributed by atoms with van der Waals surface area (Å²) in [6.07, 6.45) is -8.70. The predicted octanol–water partition coefficient (Wildman–Crippen LogP) is -5.99. The van der Waals surface area contributed by atoms with Gasteiger partial charge in [-0.25, -0.2) is 13.7 Å². The Morgan fingerprint density at radius 1 is 0.356 bits per heavy atom. The molecule has 3 aliphatic heterocycles. The molecule has 45 heteroatoms. The summed E-state index contributed by atoms with van der Waals surface area (Å²) in [5.41, 5.74) is -0.824. The fourth-order valence-corrected chi connectivity index (χ4v) is 13.9. The summed E-state index contributed by atoms with van der Waals surface area (Å²) >= 11 is 0. The first-order chi connectivity index (χ1) is 48.9. The van der Waals surface area contributed by atoms with Gasteiger partial charge in [-0.2, -0.15) is 0 Å². The monoisotopic (exact) mass is 1570 g/mol. The summed E-state index contributed by atoms with van der Waals surface area (Å²) in [7, 11) is -14.8. The van der Waals surface area contributed by atoms with Gasteiger partial charge in [-0.05, 0) is 57.8 Å². The highest BCUT2D eigenvalue weighted by molar-refractivity contribution is 7.46. The van der Waals surface area contributed by atoms with E-state index in [1.54, 1.807) is 6.92 Å². The SMILES string of the molecule is CC(COCCC(=O)NCCCNC(=O)CCCCOC1OC2(O)C(COP(=O)(O)O)C(O)C(O)C12)(COCCC(=O)NCCCNC(=O)CCCCOC1OC2(O)C(COP(=O)(O)O)C(O)C(O)C12)COCCC(=O)NCCCNC(=O)CCCCOC1OC2(O)C(COP(=O)(O)O)C(O)C(O)C12. The number of hydrogen-bond donors (Lipinski definition) is 21. The average Bonchev–Trinajstić information content (AvgIpc) is 1.56. The maximum absolute atomic E-state index is 12.7. The molecule has 6 amide bonds. The lowest BCUT2D eigenvalue weighted by molar-refractivity contribution is -0.438. The Morgan fingerprint density at radius 3 is 0.817 bits per heavy atom. The third-order valence-corrected chi connectivity index (χ3v) is 19.9. The van der Waals surface area contributed by atoms with Gasteiger partial charge in [0.1, 0.15) is 0 Å². The third-order valence-electron chi connectivity index (χ3n) is 18.5. The lowest BCUT2D eigenvalue weighted by Crippen LogP contribution is -2.63. The molecule has 104 heavy (non-hydrogen) atoms. The molecule has 6 rings (SSSR count). The van der Waals surface area contributed by atoms with Crippen molar-refractivity contribution in [1.29, 1.82) is 0 Å². The second-order valence-electron chi connectivity index (χ2n) is 26.8. The van der Waals surface area contributed by atoms with E-state index in [0.717, 1.165) is 0 Å². The zero-order valence-corrected chi connectivity index (χ0v) is 60.3. The van der Waals surface area contributed by atoms with Crippen LogP contribution in [0.4, 0.5) is 0 Å². The van der Waals surface area contributed by atoms with Gasteiger partial charge in [-0.1, -0.05) is 6.92 Å². The van der Waals surface area contributed by atoms with Crippen molar-refractivity contribution in [2.45, 2.75) is 176 Å². The molecule has 6 aliphatic rings. The lowest BCUT2D eigenvalue weighted by atomic mass is 9.89. The number of unbranched alkanes of at least 4 members (excludes halogenated alkanes) is 3. The lowest BCUT2D eigenvalue weighted by Gasteiger charge is -2.49. The maximum atomic E-state index is 12.7. The van der Waals surface area contributed by atoms with Crippen LogP contribution in [0.25, 0.3) is 0 Å². The number of ether oxygens (including phenoxy) is 9. The van der Waals surface area contributed by atoms with E-state index in [0.29, 0.717) is 57.8 Å². The smallest absolute Gasteiger partial charge is 0.390 e. The van der Waals surface area contributed by atoms with Crippen molar-refractivity contribution in [1.82, 2.24) is 31.9 Å². The molecule has 0 aromatic rings. The number of carbonyl (C=O) groups excluding carboxylic acids is 6. The highest BCUT2D eigenvalue weighted by Crippen LogP contribution is 2.57. The van der Waals surface area contributed by atoms with E-state index in [2.05, 4.69) is 45.5 Å². The number of aliphatic hydroxyl groups is 9. The molecular weight excluding hydrogens is 1460 g/mol. The van der Waals surface area contributed by atoms with Gasteiger partial charge in [0.15, 0.2) is 36.2 Å². The van der Waals surface area contributed by atoms with Gasteiger partial charge in [0.25, 0.3) is 0 Å². The van der Waals surface area contributed by atoms with E-state index in [1.165, 1.54) is 0 Å². The van der Waals surface area contributed by atoms with Crippen molar-refractivity contribution in [3.8, 4) is 0 Å². The summed E-state index contributed by atoms with van der Waals surface area (Å²) in [6, 6.07) is 0. The molecule has 3 saturated heterocycles. The molecule has 42 nitrogen and oxygen atoms in total. The van der Waals surface area contributed by atoms with Gasteiger partial charge in [0, 0.05) is 103 Å². The number of fused-ring (bicyclic) bond motifs is 3. The zero-order valence-electron chi connectivity index (χ0n) is 57.6. The molecule has 3 heterocycles. The second kappa shape index (κ2) is 41.5. The van der Waals surface area contributed by atoms with E-state index in [9.17, 15) is 88.4 Å². The van der Waals surface area contributed by atoms with Crippen LogP contribution >= 0.6 is 23.5 Å². The van der Waals surface area contributed by atoms with Crippen molar-refractivity contribution in [2.24, 2.45) is 40.9 Å². The van der Waals surface area contributed by atoms with Crippen molar-refractivity contribution in [3.05, 3.63) is 0 Å². The van der Waals surface area contributed by atoms with Crippen LogP contribution in [0.3, 0.4) is 0 Å². The fraction of sp³-hybridized carbons (Fsp3) is 0.898. The summed E-state index contributed by atoms with van der Waals surface area (Å²) in [5.74, 6) is -15.4. The summed E-state index contributed by atoms with van der Waals surface area (Å²) in [4.78, 5) is 129. The van der Waals surface area contributed by atoms with E-state index in [-0.39, 0.29) is 173 Å². The first kappa shape index (κ1) is 89.3. The van der Waals surface area contributed by atoms with Crippen LogP contribution in [-0.4, -0.2) is 302 Å². The molecule has 0 aromatic carbocycles. The first-order valence-electron chi connectivity index (χ1n) is 34.5. The molecule has 0 aromatic heterocycles. The van der Waals surface area contributed by atoms with Gasteiger partial charge < -0.3 is 150 Å². The van der Waals surface area contributed by atoms with Crippen LogP contribution in [0.2, 0.25) is 0 Å².